The molecule has 1 aromatic carbocycles. The second-order valence-electron chi connectivity index (χ2n) is 12.4. The van der Waals surface area contributed by atoms with E-state index in [-0.39, 0.29) is 69.8 Å². The number of carboxylic acid groups (broad SMARTS) is 1. The van der Waals surface area contributed by atoms with Crippen LogP contribution in [0.4, 0.5) is 0 Å². The summed E-state index contributed by atoms with van der Waals surface area (Å²) in [5, 5.41) is 25.4. The zero-order valence-electron chi connectivity index (χ0n) is 22.3. The smallest absolute Gasteiger partial charge is 0.309 e. The fourth-order valence-corrected chi connectivity index (χ4v) is 6.95. The fourth-order valence-electron chi connectivity index (χ4n) is 6.95. The zero-order chi connectivity index (χ0) is 27.2. The van der Waals surface area contributed by atoms with Gasteiger partial charge in [-0.15, -0.1) is 0 Å². The third-order valence-electron chi connectivity index (χ3n) is 9.60. The van der Waals surface area contributed by atoms with Crippen molar-refractivity contribution in [3.05, 3.63) is 23.3 Å². The number of amides is 2. The van der Waals surface area contributed by atoms with Gasteiger partial charge in [0.15, 0.2) is 0 Å². The van der Waals surface area contributed by atoms with E-state index in [1.165, 1.54) is 25.7 Å². The predicted molar refractivity (Wildman–Crippen MR) is 138 cm³/mol. The van der Waals surface area contributed by atoms with Crippen LogP contribution in [0.5, 0.6) is 11.5 Å². The average Bonchev–Trinajstić information content (AvgIpc) is 3.46. The lowest BCUT2D eigenvalue weighted by Crippen LogP contribution is -2.51. The van der Waals surface area contributed by atoms with Gasteiger partial charge in [0.05, 0.1) is 29.6 Å². The number of benzene rings is 1. The average molecular weight is 524 g/mol. The number of fused-ring (bicyclic) bond motifs is 2. The fraction of sp³-hybridized carbons (Fsp3) is 0.655. The van der Waals surface area contributed by atoms with Crippen LogP contribution >= 0.6 is 0 Å². The molecule has 4 aliphatic carbocycles. The number of ether oxygens (including phenoxy) is 2. The number of nitriles is 1. The molecule has 38 heavy (non-hydrogen) atoms. The van der Waals surface area contributed by atoms with Crippen LogP contribution in [0.15, 0.2) is 12.1 Å². The van der Waals surface area contributed by atoms with Crippen molar-refractivity contribution in [2.24, 2.45) is 28.6 Å². The van der Waals surface area contributed by atoms with Crippen molar-refractivity contribution in [1.29, 1.82) is 5.26 Å². The summed E-state index contributed by atoms with van der Waals surface area (Å²) in [6.45, 7) is 4.55. The summed E-state index contributed by atoms with van der Waals surface area (Å²) >= 11 is 0. The Morgan fingerprint density at radius 3 is 2.45 bits per heavy atom. The molecule has 2 bridgehead atoms. The van der Waals surface area contributed by atoms with Gasteiger partial charge in [0, 0.05) is 31.5 Å². The molecule has 9 heteroatoms. The first-order chi connectivity index (χ1) is 18.1. The highest BCUT2D eigenvalue weighted by Gasteiger charge is 2.52. The molecule has 0 aromatic heterocycles. The Balaban J connectivity index is 1.32. The van der Waals surface area contributed by atoms with E-state index in [1.54, 1.807) is 6.92 Å². The Labute approximate surface area is 223 Å². The van der Waals surface area contributed by atoms with Gasteiger partial charge < -0.3 is 25.2 Å². The van der Waals surface area contributed by atoms with Gasteiger partial charge in [-0.2, -0.15) is 5.26 Å². The lowest BCUT2D eigenvalue weighted by molar-refractivity contribution is -0.159. The number of methoxy groups -OCH3 is 1. The minimum absolute atomic E-state index is 0.0258. The summed E-state index contributed by atoms with van der Waals surface area (Å²) in [6.07, 6.45) is 6.67. The molecule has 4 saturated carbocycles. The van der Waals surface area contributed by atoms with Crippen LogP contribution < -0.4 is 20.1 Å². The topological polar surface area (TPSA) is 138 Å². The van der Waals surface area contributed by atoms with Gasteiger partial charge in [-0.05, 0) is 62.3 Å². The first-order valence-electron chi connectivity index (χ1n) is 13.7. The molecule has 0 aliphatic heterocycles. The van der Waals surface area contributed by atoms with E-state index >= 15 is 0 Å². The number of nitrogens with one attached hydrogen (secondary N) is 2. The lowest BCUT2D eigenvalue weighted by atomic mass is 9.68. The van der Waals surface area contributed by atoms with Crippen molar-refractivity contribution in [1.82, 2.24) is 10.6 Å². The Bertz CT molecular complexity index is 1180. The Morgan fingerprint density at radius 1 is 1.13 bits per heavy atom. The van der Waals surface area contributed by atoms with Crippen LogP contribution in [-0.4, -0.2) is 48.7 Å². The van der Waals surface area contributed by atoms with Crippen molar-refractivity contribution in [3.63, 3.8) is 0 Å². The first-order valence-corrected chi connectivity index (χ1v) is 13.7. The van der Waals surface area contributed by atoms with Crippen molar-refractivity contribution >= 4 is 17.8 Å². The molecule has 0 spiro atoms. The van der Waals surface area contributed by atoms with Crippen molar-refractivity contribution in [2.45, 2.75) is 77.4 Å². The predicted octanol–water partition coefficient (Wildman–Crippen LogP) is 3.65. The maximum absolute atomic E-state index is 13.6. The standard InChI is InChI=1S/C29H37N3O6/c1-28(7-4-8-28)15-31-26(34)23-16-5-6-17(9-16)24(23)32-25(33)20-11-21(18(14-30)10-22(20)37-3)38-19-12-29(2,13-19)27(35)36/h10-11,16-17,19,23-24H,4-9,12-13,15H2,1-3H3,(H,31,34)(H,32,33)(H,35,36)/t16-,17+,19?,23+,24-,29?/m1/s1. The Hall–Kier alpha value is -3.28. The summed E-state index contributed by atoms with van der Waals surface area (Å²) in [5.74, 6) is -0.487. The first kappa shape index (κ1) is 26.3. The van der Waals surface area contributed by atoms with Crippen LogP contribution in [0.1, 0.15) is 81.1 Å². The largest absolute Gasteiger partial charge is 0.496 e. The third kappa shape index (κ3) is 4.70. The second kappa shape index (κ2) is 9.79. The molecule has 2 amide bonds. The number of carboxylic acids is 1. The van der Waals surface area contributed by atoms with E-state index < -0.39 is 11.4 Å². The summed E-state index contributed by atoms with van der Waals surface area (Å²) in [6, 6.07) is 4.80. The summed E-state index contributed by atoms with van der Waals surface area (Å²) in [7, 11) is 1.44. The minimum atomic E-state index is -0.876. The molecule has 9 nitrogen and oxygen atoms in total. The molecule has 5 rings (SSSR count). The number of rotatable bonds is 9. The molecule has 0 saturated heterocycles. The van der Waals surface area contributed by atoms with Gasteiger partial charge in [-0.25, -0.2) is 0 Å². The van der Waals surface area contributed by atoms with Gasteiger partial charge in [0.2, 0.25) is 5.91 Å². The number of carbonyl (C=O) groups excluding carboxylic acids is 2. The highest BCUT2D eigenvalue weighted by molar-refractivity contribution is 5.98. The molecule has 0 unspecified atom stereocenters. The molecule has 4 fully saturated rings. The molecule has 1 aromatic rings. The van der Waals surface area contributed by atoms with Gasteiger partial charge in [-0.1, -0.05) is 13.3 Å². The summed E-state index contributed by atoms with van der Waals surface area (Å²) in [5.41, 5.74) is -0.229. The molecular formula is C29H37N3O6. The summed E-state index contributed by atoms with van der Waals surface area (Å²) < 4.78 is 11.4. The van der Waals surface area contributed by atoms with E-state index in [0.717, 1.165) is 32.1 Å². The van der Waals surface area contributed by atoms with Crippen LogP contribution in [0.25, 0.3) is 0 Å². The van der Waals surface area contributed by atoms with Crippen molar-refractivity contribution < 1.29 is 29.0 Å². The molecule has 3 N–H and O–H groups in total. The lowest BCUT2D eigenvalue weighted by Gasteiger charge is -2.41. The number of nitrogens with zero attached hydrogens (tertiary/aromatic N) is 1. The number of hydrogen-bond acceptors (Lipinski definition) is 6. The number of aliphatic carboxylic acids is 1. The third-order valence-corrected chi connectivity index (χ3v) is 9.60. The SMILES string of the molecule is COc1cc(C#N)c(OC2CC(C)(C(=O)O)C2)cc1C(=O)N[C@@H]1[C@H]2CC[C@H](C2)[C@@H]1C(=O)NCC1(C)CCC1. The monoisotopic (exact) mass is 523 g/mol. The summed E-state index contributed by atoms with van der Waals surface area (Å²) in [4.78, 5) is 38.3. The molecule has 0 radical (unpaired) electrons. The Morgan fingerprint density at radius 2 is 1.84 bits per heavy atom. The van der Waals surface area contributed by atoms with Gasteiger partial charge in [0.25, 0.3) is 5.91 Å². The van der Waals surface area contributed by atoms with Crippen LogP contribution in [0.2, 0.25) is 0 Å². The van der Waals surface area contributed by atoms with Gasteiger partial charge in [0.1, 0.15) is 23.7 Å². The molecule has 4 aliphatic rings. The normalized spacial score (nSPS) is 32.3. The van der Waals surface area contributed by atoms with Crippen LogP contribution in [0.3, 0.4) is 0 Å². The van der Waals surface area contributed by atoms with Gasteiger partial charge in [-0.3, -0.25) is 14.4 Å². The maximum Gasteiger partial charge on any atom is 0.309 e. The van der Waals surface area contributed by atoms with E-state index in [9.17, 15) is 24.8 Å². The highest BCUT2D eigenvalue weighted by Crippen LogP contribution is 2.49. The van der Waals surface area contributed by atoms with E-state index in [4.69, 9.17) is 9.47 Å². The molecule has 204 valence electrons. The highest BCUT2D eigenvalue weighted by atomic mass is 16.5. The van der Waals surface area contributed by atoms with Crippen LogP contribution in [-0.2, 0) is 9.59 Å². The Kier molecular flexibility index (Phi) is 6.79. The zero-order valence-corrected chi connectivity index (χ0v) is 22.3. The van der Waals surface area contributed by atoms with E-state index in [0.29, 0.717) is 19.4 Å². The van der Waals surface area contributed by atoms with E-state index in [2.05, 4.69) is 23.6 Å². The van der Waals surface area contributed by atoms with Crippen molar-refractivity contribution in [3.8, 4) is 17.6 Å². The minimum Gasteiger partial charge on any atom is -0.496 e. The van der Waals surface area contributed by atoms with Gasteiger partial charge >= 0.3 is 5.97 Å². The molecule has 4 atom stereocenters. The number of hydrogen-bond donors (Lipinski definition) is 3. The van der Waals surface area contributed by atoms with Crippen LogP contribution in [0, 0.1) is 39.9 Å². The second-order valence-corrected chi connectivity index (χ2v) is 12.4. The molecule has 0 heterocycles. The number of carbonyl (C=O) groups is 3. The van der Waals surface area contributed by atoms with Crippen molar-refractivity contribution in [2.75, 3.05) is 13.7 Å². The van der Waals surface area contributed by atoms with E-state index in [1.807, 2.05) is 0 Å². The maximum atomic E-state index is 13.6. The molecular weight excluding hydrogens is 486 g/mol. The quantitative estimate of drug-likeness (QED) is 0.449.